The molecule has 17 heavy (non-hydrogen) atoms. The second kappa shape index (κ2) is 5.87. The van der Waals surface area contributed by atoms with E-state index in [1.165, 1.54) is 11.3 Å². The van der Waals surface area contributed by atoms with Crippen molar-refractivity contribution in [2.75, 3.05) is 6.54 Å². The van der Waals surface area contributed by atoms with Crippen LogP contribution in [0.15, 0.2) is 24.8 Å². The van der Waals surface area contributed by atoms with Gasteiger partial charge in [0.15, 0.2) is 0 Å². The van der Waals surface area contributed by atoms with Crippen LogP contribution in [0.2, 0.25) is 8.67 Å². The molecule has 0 aliphatic rings. The Hall–Kier alpha value is -0.550. The molecule has 2 aromatic heterocycles. The fourth-order valence-electron chi connectivity index (χ4n) is 1.59. The van der Waals surface area contributed by atoms with Crippen LogP contribution in [0.3, 0.4) is 0 Å². The van der Waals surface area contributed by atoms with E-state index < -0.39 is 0 Å². The predicted octanol–water partition coefficient (Wildman–Crippen LogP) is 3.60. The second-order valence-electron chi connectivity index (χ2n) is 3.76. The molecule has 2 heterocycles. The highest BCUT2D eigenvalue weighted by molar-refractivity contribution is 7.20. The molecule has 0 saturated carbocycles. The lowest BCUT2D eigenvalue weighted by Gasteiger charge is -2.13. The van der Waals surface area contributed by atoms with Crippen molar-refractivity contribution in [1.29, 1.82) is 0 Å². The van der Waals surface area contributed by atoms with E-state index in [9.17, 15) is 0 Å². The topological polar surface area (TPSA) is 29.9 Å². The summed E-state index contributed by atoms with van der Waals surface area (Å²) in [6.07, 6.45) is 5.53. The molecule has 0 bridgehead atoms. The molecule has 0 aliphatic carbocycles. The zero-order valence-corrected chi connectivity index (χ0v) is 11.7. The van der Waals surface area contributed by atoms with Crippen molar-refractivity contribution in [3.63, 3.8) is 0 Å². The smallest absolute Gasteiger partial charge is 0.0991 e. The molecule has 1 atom stereocenters. The Labute approximate surface area is 114 Å². The van der Waals surface area contributed by atoms with Gasteiger partial charge in [0.2, 0.25) is 0 Å². The van der Waals surface area contributed by atoms with E-state index in [1.807, 2.05) is 16.8 Å². The van der Waals surface area contributed by atoms with Crippen molar-refractivity contribution in [2.24, 2.45) is 0 Å². The first-order chi connectivity index (χ1) is 8.16. The zero-order valence-electron chi connectivity index (χ0n) is 9.36. The number of hydrogen-bond acceptors (Lipinski definition) is 3. The molecule has 0 radical (unpaired) electrons. The Balaban J connectivity index is 1.85. The van der Waals surface area contributed by atoms with Crippen LogP contribution in [-0.2, 0) is 6.54 Å². The van der Waals surface area contributed by atoms with Gasteiger partial charge in [0.25, 0.3) is 0 Å². The minimum atomic E-state index is 0.203. The van der Waals surface area contributed by atoms with Crippen molar-refractivity contribution < 1.29 is 0 Å². The molecule has 3 nitrogen and oxygen atoms in total. The lowest BCUT2D eigenvalue weighted by atomic mass is 10.2. The average molecular weight is 290 g/mol. The molecule has 1 N–H and O–H groups in total. The summed E-state index contributed by atoms with van der Waals surface area (Å²) in [7, 11) is 0. The molecular weight excluding hydrogens is 277 g/mol. The number of nitrogens with one attached hydrogen (secondary N) is 1. The number of rotatable bonds is 5. The quantitative estimate of drug-likeness (QED) is 0.911. The van der Waals surface area contributed by atoms with Gasteiger partial charge >= 0.3 is 0 Å². The molecule has 6 heteroatoms. The Morgan fingerprint density at radius 2 is 2.35 bits per heavy atom. The largest absolute Gasteiger partial charge is 0.336 e. The lowest BCUT2D eigenvalue weighted by Crippen LogP contribution is -2.22. The predicted molar refractivity (Wildman–Crippen MR) is 73.0 cm³/mol. The van der Waals surface area contributed by atoms with Crippen LogP contribution in [0.25, 0.3) is 0 Å². The van der Waals surface area contributed by atoms with Crippen LogP contribution in [0.5, 0.6) is 0 Å². The Kier molecular flexibility index (Phi) is 4.45. The van der Waals surface area contributed by atoms with Crippen LogP contribution in [0.1, 0.15) is 18.5 Å². The average Bonchev–Trinajstić information content (AvgIpc) is 2.88. The zero-order chi connectivity index (χ0) is 12.3. The monoisotopic (exact) mass is 289 g/mol. The highest BCUT2D eigenvalue weighted by Gasteiger charge is 2.12. The summed E-state index contributed by atoms with van der Waals surface area (Å²) in [6.45, 7) is 3.83. The van der Waals surface area contributed by atoms with Crippen molar-refractivity contribution in [3.05, 3.63) is 39.0 Å². The Morgan fingerprint density at radius 3 is 2.94 bits per heavy atom. The summed E-state index contributed by atoms with van der Waals surface area (Å²) in [4.78, 5) is 3.99. The number of halogens is 2. The minimum absolute atomic E-state index is 0.203. The molecule has 0 fully saturated rings. The van der Waals surface area contributed by atoms with Gasteiger partial charge in [-0.05, 0) is 18.6 Å². The SMILES string of the molecule is CC(NCCn1ccnc1)c1cc(Cl)sc1Cl. The highest BCUT2D eigenvalue weighted by atomic mass is 35.5. The van der Waals surface area contributed by atoms with Gasteiger partial charge in [0, 0.05) is 31.5 Å². The van der Waals surface area contributed by atoms with Crippen molar-refractivity contribution in [3.8, 4) is 0 Å². The van der Waals surface area contributed by atoms with E-state index in [0.717, 1.165) is 27.3 Å². The van der Waals surface area contributed by atoms with Gasteiger partial charge in [-0.25, -0.2) is 4.98 Å². The van der Waals surface area contributed by atoms with Gasteiger partial charge in [0.1, 0.15) is 0 Å². The summed E-state index contributed by atoms with van der Waals surface area (Å²) < 4.78 is 3.52. The third kappa shape index (κ3) is 3.45. The summed E-state index contributed by atoms with van der Waals surface area (Å²) in [6, 6.07) is 2.12. The molecule has 2 rings (SSSR count). The van der Waals surface area contributed by atoms with Crippen molar-refractivity contribution in [2.45, 2.75) is 19.5 Å². The van der Waals surface area contributed by atoms with Crippen LogP contribution in [0.4, 0.5) is 0 Å². The third-order valence-corrected chi connectivity index (χ3v) is 4.05. The van der Waals surface area contributed by atoms with E-state index in [-0.39, 0.29) is 6.04 Å². The van der Waals surface area contributed by atoms with Gasteiger partial charge in [0.05, 0.1) is 15.0 Å². The van der Waals surface area contributed by atoms with Crippen molar-refractivity contribution in [1.82, 2.24) is 14.9 Å². The van der Waals surface area contributed by atoms with Crippen LogP contribution >= 0.6 is 34.5 Å². The molecule has 0 aliphatic heterocycles. The number of nitrogens with zero attached hydrogens (tertiary/aromatic N) is 2. The van der Waals surface area contributed by atoms with Crippen LogP contribution < -0.4 is 5.32 Å². The maximum absolute atomic E-state index is 6.10. The molecule has 2 aromatic rings. The lowest BCUT2D eigenvalue weighted by molar-refractivity contribution is 0.532. The van der Waals surface area contributed by atoms with E-state index in [1.54, 1.807) is 12.5 Å². The molecular formula is C11H13Cl2N3S. The Bertz CT molecular complexity index is 467. The maximum Gasteiger partial charge on any atom is 0.0991 e. The second-order valence-corrected chi connectivity index (χ2v) is 6.04. The first-order valence-corrected chi connectivity index (χ1v) is 6.88. The fourth-order valence-corrected chi connectivity index (χ4v) is 3.23. The normalized spacial score (nSPS) is 12.9. The first kappa shape index (κ1) is 12.9. The molecule has 92 valence electrons. The third-order valence-electron chi connectivity index (χ3n) is 2.53. The first-order valence-electron chi connectivity index (χ1n) is 5.30. The number of aromatic nitrogens is 2. The summed E-state index contributed by atoms with van der Waals surface area (Å²) >= 11 is 13.4. The Morgan fingerprint density at radius 1 is 1.53 bits per heavy atom. The van der Waals surface area contributed by atoms with Gasteiger partial charge < -0.3 is 9.88 Å². The van der Waals surface area contributed by atoms with E-state index >= 15 is 0 Å². The van der Waals surface area contributed by atoms with Crippen LogP contribution in [-0.4, -0.2) is 16.1 Å². The molecule has 0 aromatic carbocycles. The summed E-state index contributed by atoms with van der Waals surface area (Å²) in [5, 5.41) is 3.41. The van der Waals surface area contributed by atoms with E-state index in [0.29, 0.717) is 0 Å². The molecule has 0 saturated heterocycles. The van der Waals surface area contributed by atoms with Gasteiger partial charge in [-0.15, -0.1) is 11.3 Å². The number of thiophene rings is 1. The van der Waals surface area contributed by atoms with Crippen LogP contribution in [0, 0.1) is 0 Å². The number of hydrogen-bond donors (Lipinski definition) is 1. The van der Waals surface area contributed by atoms with Gasteiger partial charge in [-0.2, -0.15) is 0 Å². The van der Waals surface area contributed by atoms with Gasteiger partial charge in [-0.3, -0.25) is 0 Å². The summed E-state index contributed by atoms with van der Waals surface area (Å²) in [5.74, 6) is 0. The molecule has 0 amide bonds. The minimum Gasteiger partial charge on any atom is -0.336 e. The van der Waals surface area contributed by atoms with E-state index in [2.05, 4.69) is 17.2 Å². The fraction of sp³-hybridized carbons (Fsp3) is 0.364. The van der Waals surface area contributed by atoms with E-state index in [4.69, 9.17) is 23.2 Å². The molecule has 1 unspecified atom stereocenters. The maximum atomic E-state index is 6.10. The van der Waals surface area contributed by atoms with Gasteiger partial charge in [-0.1, -0.05) is 23.2 Å². The highest BCUT2D eigenvalue weighted by Crippen LogP contribution is 2.34. The van der Waals surface area contributed by atoms with Crippen molar-refractivity contribution >= 4 is 34.5 Å². The number of imidazole rings is 1. The summed E-state index contributed by atoms with van der Waals surface area (Å²) in [5.41, 5.74) is 1.06. The standard InChI is InChI=1S/C11H13Cl2N3S/c1-8(9-6-10(12)17-11(9)13)15-3-5-16-4-2-14-7-16/h2,4,6-8,15H,3,5H2,1H3. The molecule has 0 spiro atoms.